The van der Waals surface area contributed by atoms with Gasteiger partial charge < -0.3 is 5.11 Å². The van der Waals surface area contributed by atoms with Crippen molar-refractivity contribution in [1.82, 2.24) is 4.98 Å². The van der Waals surface area contributed by atoms with Crippen LogP contribution >= 0.6 is 0 Å². The summed E-state index contributed by atoms with van der Waals surface area (Å²) < 4.78 is 0. The fourth-order valence-corrected chi connectivity index (χ4v) is 2.67. The highest BCUT2D eigenvalue weighted by molar-refractivity contribution is 5.15. The van der Waals surface area contributed by atoms with Crippen LogP contribution in [0.2, 0.25) is 0 Å². The summed E-state index contributed by atoms with van der Waals surface area (Å²) in [7, 11) is 0. The highest BCUT2D eigenvalue weighted by atomic mass is 16.3. The standard InChI is InChI=1S/C16H25NO/c1-4-13-5-6-14(17-12-13)11-16(18)9-7-15(2,3)8-10-16/h5-6,12,18H,4,7-11H2,1-3H3. The van der Waals surface area contributed by atoms with E-state index >= 15 is 0 Å². The molecule has 1 aliphatic rings. The maximum Gasteiger partial charge on any atom is 0.0703 e. The predicted octanol–water partition coefficient (Wildman–Crippen LogP) is 3.52. The van der Waals surface area contributed by atoms with Crippen LogP contribution in [-0.4, -0.2) is 15.7 Å². The molecule has 0 aromatic carbocycles. The van der Waals surface area contributed by atoms with Gasteiger partial charge in [-0.15, -0.1) is 0 Å². The van der Waals surface area contributed by atoms with Gasteiger partial charge in [-0.25, -0.2) is 0 Å². The quantitative estimate of drug-likeness (QED) is 0.886. The molecular formula is C16H25NO. The lowest BCUT2D eigenvalue weighted by Crippen LogP contribution is -2.38. The summed E-state index contributed by atoms with van der Waals surface area (Å²) in [5.41, 5.74) is 2.15. The molecule has 0 atom stereocenters. The van der Waals surface area contributed by atoms with Crippen molar-refractivity contribution < 1.29 is 5.11 Å². The molecule has 2 heteroatoms. The van der Waals surface area contributed by atoms with Gasteiger partial charge in [-0.2, -0.15) is 0 Å². The van der Waals surface area contributed by atoms with Crippen LogP contribution in [0.4, 0.5) is 0 Å². The Morgan fingerprint density at radius 1 is 1.17 bits per heavy atom. The number of hydrogen-bond donors (Lipinski definition) is 1. The number of aromatic nitrogens is 1. The van der Waals surface area contributed by atoms with Crippen LogP contribution in [0.3, 0.4) is 0 Å². The molecule has 1 aliphatic carbocycles. The molecule has 0 amide bonds. The molecule has 1 saturated carbocycles. The lowest BCUT2D eigenvalue weighted by atomic mass is 9.69. The Labute approximate surface area is 110 Å². The van der Waals surface area contributed by atoms with Crippen molar-refractivity contribution in [1.29, 1.82) is 0 Å². The summed E-state index contributed by atoms with van der Waals surface area (Å²) >= 11 is 0. The summed E-state index contributed by atoms with van der Waals surface area (Å²) in [6, 6.07) is 4.19. The van der Waals surface area contributed by atoms with Gasteiger partial charge in [0.05, 0.1) is 5.60 Å². The van der Waals surface area contributed by atoms with Crippen molar-refractivity contribution >= 4 is 0 Å². The topological polar surface area (TPSA) is 33.1 Å². The highest BCUT2D eigenvalue weighted by Gasteiger charge is 2.36. The summed E-state index contributed by atoms with van der Waals surface area (Å²) in [5, 5.41) is 10.6. The second-order valence-electron chi connectivity index (χ2n) is 6.58. The third kappa shape index (κ3) is 3.32. The molecule has 0 unspecified atom stereocenters. The average molecular weight is 247 g/mol. The Bertz CT molecular complexity index is 384. The van der Waals surface area contributed by atoms with E-state index in [0.717, 1.165) is 37.8 Å². The number of hydrogen-bond acceptors (Lipinski definition) is 2. The normalized spacial score (nSPS) is 21.8. The number of nitrogens with zero attached hydrogens (tertiary/aromatic N) is 1. The van der Waals surface area contributed by atoms with E-state index in [1.54, 1.807) is 0 Å². The first-order valence-corrected chi connectivity index (χ1v) is 7.09. The van der Waals surface area contributed by atoms with Gasteiger partial charge in [-0.3, -0.25) is 4.98 Å². The van der Waals surface area contributed by atoms with E-state index in [-0.39, 0.29) is 0 Å². The first-order valence-electron chi connectivity index (χ1n) is 7.09. The van der Waals surface area contributed by atoms with Crippen molar-refractivity contribution in [2.75, 3.05) is 0 Å². The first kappa shape index (κ1) is 13.5. The zero-order chi connectivity index (χ0) is 13.2. The van der Waals surface area contributed by atoms with E-state index in [1.165, 1.54) is 5.56 Å². The van der Waals surface area contributed by atoms with Crippen LogP contribution in [0.5, 0.6) is 0 Å². The number of aliphatic hydroxyl groups is 1. The van der Waals surface area contributed by atoms with Crippen molar-refractivity contribution in [2.24, 2.45) is 5.41 Å². The minimum atomic E-state index is -0.531. The van der Waals surface area contributed by atoms with Crippen LogP contribution in [-0.2, 0) is 12.8 Å². The largest absolute Gasteiger partial charge is 0.389 e. The summed E-state index contributed by atoms with van der Waals surface area (Å²) in [6.45, 7) is 6.72. The zero-order valence-corrected chi connectivity index (χ0v) is 11.9. The number of pyridine rings is 1. The molecular weight excluding hydrogens is 222 g/mol. The van der Waals surface area contributed by atoms with Gasteiger partial charge in [0.1, 0.15) is 0 Å². The molecule has 0 aliphatic heterocycles. The average Bonchev–Trinajstić information content (AvgIpc) is 2.35. The molecule has 0 bridgehead atoms. The van der Waals surface area contributed by atoms with Crippen LogP contribution < -0.4 is 0 Å². The van der Waals surface area contributed by atoms with Gasteiger partial charge in [0.2, 0.25) is 0 Å². The minimum absolute atomic E-state index is 0.395. The molecule has 1 fully saturated rings. The van der Waals surface area contributed by atoms with Gasteiger partial charge in [0.15, 0.2) is 0 Å². The first-order chi connectivity index (χ1) is 8.42. The number of aryl methyl sites for hydroxylation is 1. The smallest absolute Gasteiger partial charge is 0.0703 e. The third-order valence-electron chi connectivity index (χ3n) is 4.34. The Balaban J connectivity index is 2.00. The Kier molecular flexibility index (Phi) is 3.76. The van der Waals surface area contributed by atoms with E-state index in [9.17, 15) is 5.11 Å². The second kappa shape index (κ2) is 5.00. The van der Waals surface area contributed by atoms with Gasteiger partial charge in [-0.1, -0.05) is 26.8 Å². The van der Waals surface area contributed by atoms with Crippen LogP contribution in [0.25, 0.3) is 0 Å². The predicted molar refractivity (Wildman–Crippen MR) is 74.5 cm³/mol. The monoisotopic (exact) mass is 247 g/mol. The van der Waals surface area contributed by atoms with E-state index in [2.05, 4.69) is 37.9 Å². The van der Waals surface area contributed by atoms with E-state index in [1.807, 2.05) is 6.20 Å². The summed E-state index contributed by atoms with van der Waals surface area (Å²) in [4.78, 5) is 4.47. The maximum atomic E-state index is 10.6. The fourth-order valence-electron chi connectivity index (χ4n) is 2.67. The summed E-state index contributed by atoms with van der Waals surface area (Å²) in [6.07, 6.45) is 7.67. The second-order valence-corrected chi connectivity index (χ2v) is 6.58. The molecule has 1 aromatic rings. The van der Waals surface area contributed by atoms with Gasteiger partial charge in [-0.05, 0) is 49.1 Å². The molecule has 0 spiro atoms. The molecule has 2 nitrogen and oxygen atoms in total. The van der Waals surface area contributed by atoms with Gasteiger partial charge >= 0.3 is 0 Å². The molecule has 18 heavy (non-hydrogen) atoms. The maximum absolute atomic E-state index is 10.6. The molecule has 1 aromatic heterocycles. The lowest BCUT2D eigenvalue weighted by Gasteiger charge is -2.40. The van der Waals surface area contributed by atoms with E-state index in [0.29, 0.717) is 11.8 Å². The third-order valence-corrected chi connectivity index (χ3v) is 4.34. The van der Waals surface area contributed by atoms with Crippen LogP contribution in [0, 0.1) is 5.41 Å². The van der Waals surface area contributed by atoms with Crippen LogP contribution in [0.15, 0.2) is 18.3 Å². The van der Waals surface area contributed by atoms with Crippen LogP contribution in [0.1, 0.15) is 57.7 Å². The van der Waals surface area contributed by atoms with Crippen molar-refractivity contribution in [3.05, 3.63) is 29.6 Å². The summed E-state index contributed by atoms with van der Waals surface area (Å²) in [5.74, 6) is 0. The van der Waals surface area contributed by atoms with E-state index < -0.39 is 5.60 Å². The number of rotatable bonds is 3. The molecule has 0 radical (unpaired) electrons. The highest BCUT2D eigenvalue weighted by Crippen LogP contribution is 2.41. The van der Waals surface area contributed by atoms with Gasteiger partial charge in [0.25, 0.3) is 0 Å². The SMILES string of the molecule is CCc1ccc(CC2(O)CCC(C)(C)CC2)nc1. The molecule has 100 valence electrons. The Hall–Kier alpha value is -0.890. The van der Waals surface area contributed by atoms with Crippen molar-refractivity contribution in [3.8, 4) is 0 Å². The van der Waals surface area contributed by atoms with Crippen molar-refractivity contribution in [3.63, 3.8) is 0 Å². The Morgan fingerprint density at radius 2 is 1.83 bits per heavy atom. The minimum Gasteiger partial charge on any atom is -0.389 e. The lowest BCUT2D eigenvalue weighted by molar-refractivity contribution is -0.0258. The molecule has 2 rings (SSSR count). The zero-order valence-electron chi connectivity index (χ0n) is 11.9. The van der Waals surface area contributed by atoms with Crippen molar-refractivity contribution in [2.45, 2.75) is 64.9 Å². The molecule has 1 heterocycles. The van der Waals surface area contributed by atoms with E-state index in [4.69, 9.17) is 0 Å². The molecule has 0 saturated heterocycles. The fraction of sp³-hybridized carbons (Fsp3) is 0.688. The Morgan fingerprint density at radius 3 is 2.33 bits per heavy atom. The van der Waals surface area contributed by atoms with Gasteiger partial charge in [0, 0.05) is 18.3 Å². The molecule has 1 N–H and O–H groups in total.